The minimum atomic E-state index is -0.780. The Hall–Kier alpha value is -1.42. The van der Waals surface area contributed by atoms with E-state index in [1.54, 1.807) is 6.07 Å². The quantitative estimate of drug-likeness (QED) is 0.900. The molecule has 0 amide bonds. The normalized spacial score (nSPS) is 14.0. The molecule has 0 bridgehead atoms. The lowest BCUT2D eigenvalue weighted by molar-refractivity contribution is 0.147. The van der Waals surface area contributed by atoms with Crippen molar-refractivity contribution < 1.29 is 9.50 Å². The predicted octanol–water partition coefficient (Wildman–Crippen LogP) is 3.87. The van der Waals surface area contributed by atoms with E-state index in [1.807, 2.05) is 32.0 Å². The van der Waals surface area contributed by atoms with Gasteiger partial charge in [0.1, 0.15) is 5.82 Å². The van der Waals surface area contributed by atoms with Crippen molar-refractivity contribution in [3.05, 3.63) is 69.5 Å². The fourth-order valence-corrected chi connectivity index (χ4v) is 2.72. The second-order valence-corrected chi connectivity index (χ2v) is 5.70. The first-order valence-corrected chi connectivity index (χ1v) is 7.22. The van der Waals surface area contributed by atoms with E-state index in [0.717, 1.165) is 16.7 Å². The van der Waals surface area contributed by atoms with Crippen LogP contribution in [0.4, 0.5) is 4.39 Å². The SMILES string of the molecule is Cc1ccc(C(O)C(CN)c2ccc(F)cc2Cl)cc1C. The summed E-state index contributed by atoms with van der Waals surface area (Å²) in [5.74, 6) is -0.777. The van der Waals surface area contributed by atoms with Crippen molar-refractivity contribution in [2.75, 3.05) is 6.54 Å². The highest BCUT2D eigenvalue weighted by Crippen LogP contribution is 2.35. The van der Waals surface area contributed by atoms with Gasteiger partial charge in [-0.25, -0.2) is 4.39 Å². The lowest BCUT2D eigenvalue weighted by Gasteiger charge is -2.24. The Balaban J connectivity index is 2.37. The first kappa shape index (κ1) is 16.0. The highest BCUT2D eigenvalue weighted by Gasteiger charge is 2.24. The molecule has 112 valence electrons. The van der Waals surface area contributed by atoms with Crippen LogP contribution in [0.3, 0.4) is 0 Å². The van der Waals surface area contributed by atoms with Crippen LogP contribution in [-0.2, 0) is 0 Å². The number of aliphatic hydroxyl groups excluding tert-OH is 1. The van der Waals surface area contributed by atoms with E-state index >= 15 is 0 Å². The van der Waals surface area contributed by atoms with Crippen LogP contribution in [0.5, 0.6) is 0 Å². The van der Waals surface area contributed by atoms with Gasteiger partial charge in [0.25, 0.3) is 0 Å². The minimum absolute atomic E-state index is 0.222. The molecule has 4 heteroatoms. The molecule has 2 aromatic carbocycles. The summed E-state index contributed by atoms with van der Waals surface area (Å²) in [6, 6.07) is 9.95. The first-order chi connectivity index (χ1) is 9.93. The van der Waals surface area contributed by atoms with E-state index in [9.17, 15) is 9.50 Å². The minimum Gasteiger partial charge on any atom is -0.388 e. The van der Waals surface area contributed by atoms with Crippen molar-refractivity contribution >= 4 is 11.6 Å². The average molecular weight is 308 g/mol. The Bertz CT molecular complexity index is 645. The van der Waals surface area contributed by atoms with E-state index in [4.69, 9.17) is 17.3 Å². The topological polar surface area (TPSA) is 46.2 Å². The van der Waals surface area contributed by atoms with Gasteiger partial charge in [-0.3, -0.25) is 0 Å². The largest absolute Gasteiger partial charge is 0.388 e. The zero-order chi connectivity index (χ0) is 15.6. The lowest BCUT2D eigenvalue weighted by Crippen LogP contribution is -2.20. The molecule has 0 aliphatic heterocycles. The molecule has 2 aromatic rings. The molecular weight excluding hydrogens is 289 g/mol. The van der Waals surface area contributed by atoms with Gasteiger partial charge in [0.15, 0.2) is 0 Å². The van der Waals surface area contributed by atoms with Crippen LogP contribution in [0, 0.1) is 19.7 Å². The number of hydrogen-bond acceptors (Lipinski definition) is 2. The standard InChI is InChI=1S/C17H19ClFNO/c1-10-3-4-12(7-11(10)2)17(21)15(9-20)14-6-5-13(19)8-16(14)18/h3-8,15,17,21H,9,20H2,1-2H3. The summed E-state index contributed by atoms with van der Waals surface area (Å²) in [7, 11) is 0. The van der Waals surface area contributed by atoms with Gasteiger partial charge < -0.3 is 10.8 Å². The number of aliphatic hydroxyl groups is 1. The van der Waals surface area contributed by atoms with Crippen molar-refractivity contribution in [3.8, 4) is 0 Å². The predicted molar refractivity (Wildman–Crippen MR) is 84.1 cm³/mol. The Morgan fingerprint density at radius 2 is 1.86 bits per heavy atom. The zero-order valence-corrected chi connectivity index (χ0v) is 12.9. The Morgan fingerprint density at radius 3 is 2.43 bits per heavy atom. The van der Waals surface area contributed by atoms with Crippen LogP contribution in [0.1, 0.15) is 34.3 Å². The van der Waals surface area contributed by atoms with Gasteiger partial charge in [-0.15, -0.1) is 0 Å². The van der Waals surface area contributed by atoms with Crippen LogP contribution in [-0.4, -0.2) is 11.7 Å². The molecule has 2 nitrogen and oxygen atoms in total. The summed E-state index contributed by atoms with van der Waals surface area (Å²) in [5, 5.41) is 10.9. The Labute approximate surface area is 129 Å². The van der Waals surface area contributed by atoms with Gasteiger partial charge in [0.2, 0.25) is 0 Å². The number of aryl methyl sites for hydroxylation is 2. The smallest absolute Gasteiger partial charge is 0.124 e. The van der Waals surface area contributed by atoms with Gasteiger partial charge in [0.05, 0.1) is 6.10 Å². The highest BCUT2D eigenvalue weighted by molar-refractivity contribution is 6.31. The zero-order valence-electron chi connectivity index (χ0n) is 12.1. The molecule has 2 atom stereocenters. The second-order valence-electron chi connectivity index (χ2n) is 5.30. The van der Waals surface area contributed by atoms with Crippen LogP contribution in [0.25, 0.3) is 0 Å². The molecule has 2 rings (SSSR count). The molecule has 0 saturated carbocycles. The van der Waals surface area contributed by atoms with Crippen LogP contribution >= 0.6 is 11.6 Å². The van der Waals surface area contributed by atoms with Crippen molar-refractivity contribution in [2.45, 2.75) is 25.9 Å². The summed E-state index contributed by atoms with van der Waals surface area (Å²) in [4.78, 5) is 0. The van der Waals surface area contributed by atoms with Crippen LogP contribution in [0.2, 0.25) is 5.02 Å². The van der Waals surface area contributed by atoms with Crippen molar-refractivity contribution in [2.24, 2.45) is 5.73 Å². The van der Waals surface area contributed by atoms with E-state index in [-0.39, 0.29) is 17.5 Å². The maximum atomic E-state index is 13.2. The maximum Gasteiger partial charge on any atom is 0.124 e. The van der Waals surface area contributed by atoms with Gasteiger partial charge in [-0.1, -0.05) is 35.9 Å². The van der Waals surface area contributed by atoms with E-state index < -0.39 is 11.9 Å². The molecule has 0 aliphatic carbocycles. The van der Waals surface area contributed by atoms with Gasteiger partial charge in [-0.2, -0.15) is 0 Å². The third-order valence-electron chi connectivity index (χ3n) is 3.87. The monoisotopic (exact) mass is 307 g/mol. The van der Waals surface area contributed by atoms with Crippen LogP contribution < -0.4 is 5.73 Å². The Kier molecular flexibility index (Phi) is 4.99. The summed E-state index contributed by atoms with van der Waals surface area (Å²) < 4.78 is 13.2. The molecule has 0 radical (unpaired) electrons. The number of hydrogen-bond donors (Lipinski definition) is 2. The van der Waals surface area contributed by atoms with Crippen molar-refractivity contribution in [1.82, 2.24) is 0 Å². The molecular formula is C17H19ClFNO. The number of halogens is 2. The highest BCUT2D eigenvalue weighted by atomic mass is 35.5. The van der Waals surface area contributed by atoms with Gasteiger partial charge >= 0.3 is 0 Å². The van der Waals surface area contributed by atoms with E-state index in [2.05, 4.69) is 0 Å². The summed E-state index contributed by atoms with van der Waals surface area (Å²) in [6.07, 6.45) is -0.780. The van der Waals surface area contributed by atoms with Crippen LogP contribution in [0.15, 0.2) is 36.4 Å². The summed E-state index contributed by atoms with van der Waals surface area (Å²) >= 11 is 6.08. The van der Waals surface area contributed by atoms with Gasteiger partial charge in [-0.05, 0) is 48.2 Å². The third kappa shape index (κ3) is 3.43. The van der Waals surface area contributed by atoms with E-state index in [0.29, 0.717) is 5.56 Å². The molecule has 21 heavy (non-hydrogen) atoms. The molecule has 0 spiro atoms. The van der Waals surface area contributed by atoms with Crippen molar-refractivity contribution in [1.29, 1.82) is 0 Å². The molecule has 3 N–H and O–H groups in total. The van der Waals surface area contributed by atoms with Crippen molar-refractivity contribution in [3.63, 3.8) is 0 Å². The van der Waals surface area contributed by atoms with E-state index in [1.165, 1.54) is 12.1 Å². The fraction of sp³-hybridized carbons (Fsp3) is 0.294. The molecule has 0 fully saturated rings. The molecule has 0 heterocycles. The summed E-state index contributed by atoms with van der Waals surface area (Å²) in [5.41, 5.74) is 9.52. The maximum absolute atomic E-state index is 13.2. The number of benzene rings is 2. The molecule has 0 aromatic heterocycles. The fourth-order valence-electron chi connectivity index (χ4n) is 2.41. The number of nitrogens with two attached hydrogens (primary N) is 1. The second kappa shape index (κ2) is 6.56. The summed E-state index contributed by atoms with van der Waals surface area (Å²) in [6.45, 7) is 4.23. The lowest BCUT2D eigenvalue weighted by atomic mass is 9.88. The molecule has 0 aliphatic rings. The number of rotatable bonds is 4. The Morgan fingerprint density at radius 1 is 1.14 bits per heavy atom. The average Bonchev–Trinajstić information content (AvgIpc) is 2.44. The molecule has 0 saturated heterocycles. The third-order valence-corrected chi connectivity index (χ3v) is 4.20. The first-order valence-electron chi connectivity index (χ1n) is 6.84. The van der Waals surface area contributed by atoms with Gasteiger partial charge in [0, 0.05) is 17.5 Å². The molecule has 2 unspecified atom stereocenters.